The van der Waals surface area contributed by atoms with Crippen LogP contribution in [0.15, 0.2) is 12.1 Å². The zero-order valence-corrected chi connectivity index (χ0v) is 11.2. The van der Waals surface area contributed by atoms with Crippen molar-refractivity contribution in [1.29, 1.82) is 0 Å². The number of aryl methyl sites for hydroxylation is 1. The Labute approximate surface area is 107 Å². The highest BCUT2D eigenvalue weighted by Gasteiger charge is 2.27. The van der Waals surface area contributed by atoms with Crippen LogP contribution < -0.4 is 5.32 Å². The highest BCUT2D eigenvalue weighted by Crippen LogP contribution is 2.18. The minimum atomic E-state index is -2.81. The van der Waals surface area contributed by atoms with E-state index < -0.39 is 9.84 Å². The van der Waals surface area contributed by atoms with E-state index in [-0.39, 0.29) is 17.4 Å². The largest absolute Gasteiger partial charge is 0.506 e. The summed E-state index contributed by atoms with van der Waals surface area (Å²) < 4.78 is 22.6. The summed E-state index contributed by atoms with van der Waals surface area (Å²) in [6.07, 6.45) is 0.725. The van der Waals surface area contributed by atoms with Crippen LogP contribution >= 0.6 is 0 Å². The van der Waals surface area contributed by atoms with E-state index in [1.807, 2.05) is 6.92 Å². The smallest absolute Gasteiger partial charge is 0.150 e. The molecular formula is C12H18N2O3S. The summed E-state index contributed by atoms with van der Waals surface area (Å²) in [4.78, 5) is 4.23. The first-order valence-electron chi connectivity index (χ1n) is 6.03. The monoisotopic (exact) mass is 270 g/mol. The molecule has 0 radical (unpaired) electrons. The van der Waals surface area contributed by atoms with Crippen LogP contribution in [0.1, 0.15) is 17.8 Å². The number of pyridine rings is 1. The fourth-order valence-corrected chi connectivity index (χ4v) is 4.02. The zero-order chi connectivity index (χ0) is 13.2. The summed E-state index contributed by atoms with van der Waals surface area (Å²) in [6.45, 7) is 2.98. The molecule has 1 aliphatic heterocycles. The zero-order valence-electron chi connectivity index (χ0n) is 10.4. The van der Waals surface area contributed by atoms with E-state index in [0.29, 0.717) is 24.5 Å². The molecule has 6 heteroatoms. The van der Waals surface area contributed by atoms with E-state index in [4.69, 9.17) is 0 Å². The molecule has 1 aliphatic rings. The number of hydrogen-bond acceptors (Lipinski definition) is 5. The molecule has 0 aromatic carbocycles. The molecule has 100 valence electrons. The molecule has 1 fully saturated rings. The van der Waals surface area contributed by atoms with Gasteiger partial charge in [0, 0.05) is 12.2 Å². The van der Waals surface area contributed by atoms with Crippen molar-refractivity contribution in [2.75, 3.05) is 18.1 Å². The summed E-state index contributed by atoms with van der Waals surface area (Å²) in [5.74, 6) is 0.926. The van der Waals surface area contributed by atoms with Crippen LogP contribution in [0, 0.1) is 12.8 Å². The Balaban J connectivity index is 1.84. The number of rotatable bonds is 4. The van der Waals surface area contributed by atoms with E-state index in [1.54, 1.807) is 12.1 Å². The molecule has 1 saturated heterocycles. The average molecular weight is 270 g/mol. The van der Waals surface area contributed by atoms with Crippen LogP contribution in [0.3, 0.4) is 0 Å². The summed E-state index contributed by atoms with van der Waals surface area (Å²) in [7, 11) is -2.81. The number of nitrogens with zero attached hydrogens (tertiary/aromatic N) is 1. The van der Waals surface area contributed by atoms with Gasteiger partial charge in [-0.05, 0) is 37.9 Å². The Bertz CT molecular complexity index is 528. The highest BCUT2D eigenvalue weighted by atomic mass is 32.2. The van der Waals surface area contributed by atoms with Crippen molar-refractivity contribution in [2.45, 2.75) is 19.9 Å². The van der Waals surface area contributed by atoms with E-state index in [0.717, 1.165) is 12.1 Å². The molecule has 1 atom stereocenters. The van der Waals surface area contributed by atoms with Crippen molar-refractivity contribution in [2.24, 2.45) is 5.92 Å². The van der Waals surface area contributed by atoms with Gasteiger partial charge in [-0.2, -0.15) is 0 Å². The van der Waals surface area contributed by atoms with Gasteiger partial charge in [0.25, 0.3) is 0 Å². The van der Waals surface area contributed by atoms with Crippen molar-refractivity contribution >= 4 is 9.84 Å². The van der Waals surface area contributed by atoms with Gasteiger partial charge in [-0.25, -0.2) is 8.42 Å². The summed E-state index contributed by atoms with van der Waals surface area (Å²) in [6, 6.07) is 3.38. The lowest BCUT2D eigenvalue weighted by atomic mass is 10.1. The minimum Gasteiger partial charge on any atom is -0.506 e. The normalized spacial score (nSPS) is 22.2. The average Bonchev–Trinajstić information content (AvgIpc) is 2.63. The molecule has 0 bridgehead atoms. The predicted molar refractivity (Wildman–Crippen MR) is 69.1 cm³/mol. The van der Waals surface area contributed by atoms with Crippen LogP contribution in [0.25, 0.3) is 0 Å². The van der Waals surface area contributed by atoms with Gasteiger partial charge < -0.3 is 10.4 Å². The topological polar surface area (TPSA) is 79.3 Å². The van der Waals surface area contributed by atoms with Crippen LogP contribution in [0.4, 0.5) is 0 Å². The SMILES string of the molecule is Cc1ccc(O)c(CNCC2CCS(=O)(=O)C2)n1. The van der Waals surface area contributed by atoms with Crippen molar-refractivity contribution in [1.82, 2.24) is 10.3 Å². The lowest BCUT2D eigenvalue weighted by Crippen LogP contribution is -2.23. The third kappa shape index (κ3) is 3.43. The maximum atomic E-state index is 11.3. The second kappa shape index (κ2) is 5.24. The molecule has 0 aliphatic carbocycles. The molecule has 1 aromatic heterocycles. The van der Waals surface area contributed by atoms with Gasteiger partial charge in [0.2, 0.25) is 0 Å². The Morgan fingerprint density at radius 1 is 1.50 bits per heavy atom. The highest BCUT2D eigenvalue weighted by molar-refractivity contribution is 7.91. The van der Waals surface area contributed by atoms with Gasteiger partial charge in [-0.15, -0.1) is 0 Å². The Morgan fingerprint density at radius 2 is 2.28 bits per heavy atom. The predicted octanol–water partition coefficient (Wildman–Crippen LogP) is 0.620. The van der Waals surface area contributed by atoms with E-state index in [9.17, 15) is 13.5 Å². The number of aromatic nitrogens is 1. The molecule has 2 heterocycles. The van der Waals surface area contributed by atoms with E-state index >= 15 is 0 Å². The second-order valence-electron chi connectivity index (χ2n) is 4.82. The van der Waals surface area contributed by atoms with E-state index in [1.165, 1.54) is 0 Å². The summed E-state index contributed by atoms with van der Waals surface area (Å²) >= 11 is 0. The number of nitrogens with one attached hydrogen (secondary N) is 1. The molecule has 1 unspecified atom stereocenters. The maximum absolute atomic E-state index is 11.3. The van der Waals surface area contributed by atoms with Crippen LogP contribution in [-0.2, 0) is 16.4 Å². The fourth-order valence-electron chi connectivity index (χ4n) is 2.16. The Kier molecular flexibility index (Phi) is 3.87. The molecule has 18 heavy (non-hydrogen) atoms. The van der Waals surface area contributed by atoms with Gasteiger partial charge in [-0.1, -0.05) is 0 Å². The number of aromatic hydroxyl groups is 1. The van der Waals surface area contributed by atoms with Crippen LogP contribution in [0.2, 0.25) is 0 Å². The van der Waals surface area contributed by atoms with Crippen LogP contribution in [-0.4, -0.2) is 36.6 Å². The first-order chi connectivity index (χ1) is 8.46. The standard InChI is InChI=1S/C12H18N2O3S/c1-9-2-3-12(15)11(14-9)7-13-6-10-4-5-18(16,17)8-10/h2-3,10,13,15H,4-8H2,1H3. The van der Waals surface area contributed by atoms with Gasteiger partial charge in [0.05, 0.1) is 17.2 Å². The minimum absolute atomic E-state index is 0.173. The first kappa shape index (κ1) is 13.3. The number of sulfone groups is 1. The lowest BCUT2D eigenvalue weighted by molar-refractivity contribution is 0.453. The van der Waals surface area contributed by atoms with Gasteiger partial charge in [-0.3, -0.25) is 4.98 Å². The summed E-state index contributed by atoms with van der Waals surface area (Å²) in [5, 5.41) is 12.8. The first-order valence-corrected chi connectivity index (χ1v) is 7.85. The van der Waals surface area contributed by atoms with Crippen LogP contribution in [0.5, 0.6) is 5.75 Å². The quantitative estimate of drug-likeness (QED) is 0.838. The summed E-state index contributed by atoms with van der Waals surface area (Å²) in [5.41, 5.74) is 1.46. The maximum Gasteiger partial charge on any atom is 0.150 e. The lowest BCUT2D eigenvalue weighted by Gasteiger charge is -2.10. The van der Waals surface area contributed by atoms with Crippen molar-refractivity contribution in [3.63, 3.8) is 0 Å². The molecule has 2 N–H and O–H groups in total. The van der Waals surface area contributed by atoms with Crippen molar-refractivity contribution in [3.8, 4) is 5.75 Å². The molecule has 5 nitrogen and oxygen atoms in total. The van der Waals surface area contributed by atoms with Gasteiger partial charge in [0.15, 0.2) is 9.84 Å². The van der Waals surface area contributed by atoms with Crippen molar-refractivity contribution in [3.05, 3.63) is 23.5 Å². The number of hydrogen-bond donors (Lipinski definition) is 2. The molecule has 0 spiro atoms. The molecular weight excluding hydrogens is 252 g/mol. The second-order valence-corrected chi connectivity index (χ2v) is 7.05. The molecule has 2 rings (SSSR count). The Morgan fingerprint density at radius 3 is 2.94 bits per heavy atom. The molecule has 0 amide bonds. The molecule has 0 saturated carbocycles. The molecule has 1 aromatic rings. The fraction of sp³-hybridized carbons (Fsp3) is 0.583. The van der Waals surface area contributed by atoms with E-state index in [2.05, 4.69) is 10.3 Å². The van der Waals surface area contributed by atoms with Crippen molar-refractivity contribution < 1.29 is 13.5 Å². The van der Waals surface area contributed by atoms with Gasteiger partial charge in [0.1, 0.15) is 5.75 Å². The third-order valence-electron chi connectivity index (χ3n) is 3.14. The van der Waals surface area contributed by atoms with Gasteiger partial charge >= 0.3 is 0 Å². The third-order valence-corrected chi connectivity index (χ3v) is 4.98. The Hall–Kier alpha value is -1.14.